The van der Waals surface area contributed by atoms with Gasteiger partial charge in [0.25, 0.3) is 5.56 Å². The lowest BCUT2D eigenvalue weighted by molar-refractivity contribution is 0.827. The van der Waals surface area contributed by atoms with E-state index >= 15 is 0 Å². The molecule has 0 saturated heterocycles. The average Bonchev–Trinajstić information content (AvgIpc) is 2.50. The van der Waals surface area contributed by atoms with Gasteiger partial charge in [0.1, 0.15) is 5.15 Å². The van der Waals surface area contributed by atoms with E-state index in [2.05, 4.69) is 9.97 Å². The molecule has 0 aliphatic carbocycles. The van der Waals surface area contributed by atoms with Gasteiger partial charge < -0.3 is 0 Å². The molecule has 3 aromatic rings. The minimum atomic E-state index is -0.561. The van der Waals surface area contributed by atoms with Crippen molar-refractivity contribution in [2.24, 2.45) is 0 Å². The maximum absolute atomic E-state index is 12.6. The van der Waals surface area contributed by atoms with E-state index in [0.29, 0.717) is 5.69 Å². The zero-order valence-electron chi connectivity index (χ0n) is 13.4. The molecule has 0 fully saturated rings. The third-order valence-electron chi connectivity index (χ3n) is 3.91. The van der Waals surface area contributed by atoms with Crippen molar-refractivity contribution in [2.75, 3.05) is 0 Å². The van der Waals surface area contributed by atoms with Gasteiger partial charge in [-0.05, 0) is 30.0 Å². The van der Waals surface area contributed by atoms with Crippen molar-refractivity contribution in [3.63, 3.8) is 0 Å². The Labute approximate surface area is 147 Å². The summed E-state index contributed by atoms with van der Waals surface area (Å²) >= 11 is 12.0. The van der Waals surface area contributed by atoms with Crippen LogP contribution < -0.4 is 11.2 Å². The summed E-state index contributed by atoms with van der Waals surface area (Å²) in [7, 11) is 0. The summed E-state index contributed by atoms with van der Waals surface area (Å²) in [4.78, 5) is 31.2. The second-order valence-corrected chi connectivity index (χ2v) is 6.66. The predicted octanol–water partition coefficient (Wildman–Crippen LogP) is 3.81. The number of para-hydroxylation sites is 1. The summed E-state index contributed by atoms with van der Waals surface area (Å²) in [6, 6.07) is 7.22. The molecule has 0 aliphatic rings. The van der Waals surface area contributed by atoms with Crippen LogP contribution >= 0.6 is 23.2 Å². The van der Waals surface area contributed by atoms with Crippen LogP contribution in [0.25, 0.3) is 16.7 Å². The molecule has 124 valence electrons. The number of halogens is 2. The van der Waals surface area contributed by atoms with E-state index in [0.717, 1.165) is 11.1 Å². The first-order chi connectivity index (χ1) is 11.3. The maximum Gasteiger partial charge on any atom is 0.334 e. The van der Waals surface area contributed by atoms with Gasteiger partial charge in [-0.1, -0.05) is 55.2 Å². The van der Waals surface area contributed by atoms with E-state index in [4.69, 9.17) is 23.2 Å². The molecule has 0 saturated carbocycles. The van der Waals surface area contributed by atoms with Gasteiger partial charge in [-0.25, -0.2) is 14.3 Å². The van der Waals surface area contributed by atoms with Crippen LogP contribution in [0.15, 0.2) is 33.9 Å². The molecule has 0 bridgehead atoms. The van der Waals surface area contributed by atoms with Gasteiger partial charge in [-0.15, -0.1) is 0 Å². The van der Waals surface area contributed by atoms with Crippen LogP contribution in [-0.4, -0.2) is 14.5 Å². The smallest absolute Gasteiger partial charge is 0.273 e. The molecule has 2 heterocycles. The number of pyridine rings is 1. The molecule has 0 spiro atoms. The average molecular weight is 364 g/mol. The Morgan fingerprint density at radius 2 is 1.92 bits per heavy atom. The van der Waals surface area contributed by atoms with Crippen LogP contribution in [0.2, 0.25) is 10.2 Å². The van der Waals surface area contributed by atoms with E-state index in [-0.39, 0.29) is 27.1 Å². The highest BCUT2D eigenvalue weighted by atomic mass is 35.5. The number of H-pyrrole nitrogens is 1. The Kier molecular flexibility index (Phi) is 4.24. The lowest BCUT2D eigenvalue weighted by Gasteiger charge is -2.18. The van der Waals surface area contributed by atoms with Crippen molar-refractivity contribution >= 4 is 34.2 Å². The van der Waals surface area contributed by atoms with Gasteiger partial charge >= 0.3 is 5.69 Å². The van der Waals surface area contributed by atoms with Crippen molar-refractivity contribution in [1.29, 1.82) is 0 Å². The summed E-state index contributed by atoms with van der Waals surface area (Å²) in [5.41, 5.74) is 1.65. The first kappa shape index (κ1) is 16.7. The fourth-order valence-corrected chi connectivity index (χ4v) is 3.06. The highest BCUT2D eigenvalue weighted by molar-refractivity contribution is 6.41. The van der Waals surface area contributed by atoms with E-state index in [1.807, 2.05) is 39.0 Å². The molecule has 1 aromatic carbocycles. The fourth-order valence-electron chi connectivity index (χ4n) is 2.77. The SMILES string of the molecule is Cc1cccc(C(C)C)c1-n1c(=O)[nH]c(=O)c2cc(Cl)c(Cl)nc21. The molecular weight excluding hydrogens is 349 g/mol. The first-order valence-corrected chi connectivity index (χ1v) is 8.17. The summed E-state index contributed by atoms with van der Waals surface area (Å²) in [6.07, 6.45) is 0. The van der Waals surface area contributed by atoms with E-state index in [1.165, 1.54) is 10.6 Å². The van der Waals surface area contributed by atoms with E-state index in [9.17, 15) is 9.59 Å². The third-order valence-corrected chi connectivity index (χ3v) is 4.58. The number of rotatable bonds is 2. The molecule has 3 rings (SSSR count). The number of benzene rings is 1. The molecule has 0 aliphatic heterocycles. The minimum Gasteiger partial charge on any atom is -0.273 e. The number of aryl methyl sites for hydroxylation is 1. The van der Waals surface area contributed by atoms with Crippen molar-refractivity contribution < 1.29 is 0 Å². The van der Waals surface area contributed by atoms with Crippen molar-refractivity contribution in [3.8, 4) is 5.69 Å². The van der Waals surface area contributed by atoms with Gasteiger partial charge in [-0.3, -0.25) is 9.78 Å². The lowest BCUT2D eigenvalue weighted by Crippen LogP contribution is -2.31. The molecule has 0 amide bonds. The number of aromatic amines is 1. The predicted molar refractivity (Wildman–Crippen MR) is 96.8 cm³/mol. The molecule has 0 atom stereocenters. The molecule has 1 N–H and O–H groups in total. The quantitative estimate of drug-likeness (QED) is 0.703. The molecule has 7 heteroatoms. The number of nitrogens with one attached hydrogen (secondary N) is 1. The van der Waals surface area contributed by atoms with E-state index < -0.39 is 11.2 Å². The zero-order chi connectivity index (χ0) is 17.6. The standard InChI is InChI=1S/C17H15Cl2N3O2/c1-8(2)10-6-4-5-9(3)13(10)22-15-11(16(23)21-17(22)24)7-12(18)14(19)20-15/h4-8H,1-3H3,(H,21,23,24). The Morgan fingerprint density at radius 3 is 2.58 bits per heavy atom. The Bertz CT molecular complexity index is 1070. The van der Waals surface area contributed by atoms with Crippen molar-refractivity contribution in [3.05, 3.63) is 66.4 Å². The maximum atomic E-state index is 12.6. The van der Waals surface area contributed by atoms with E-state index in [1.54, 1.807) is 0 Å². The molecule has 2 aromatic heterocycles. The number of nitrogens with zero attached hydrogens (tertiary/aromatic N) is 2. The molecular formula is C17H15Cl2N3O2. The fraction of sp³-hybridized carbons (Fsp3) is 0.235. The molecule has 0 unspecified atom stereocenters. The Balaban J connectivity index is 2.56. The zero-order valence-corrected chi connectivity index (χ0v) is 14.9. The van der Waals surface area contributed by atoms with Crippen molar-refractivity contribution in [2.45, 2.75) is 26.7 Å². The normalized spacial score (nSPS) is 11.4. The Morgan fingerprint density at radius 1 is 1.21 bits per heavy atom. The number of aromatic nitrogens is 3. The highest BCUT2D eigenvalue weighted by Crippen LogP contribution is 2.28. The molecule has 0 radical (unpaired) electrons. The second-order valence-electron chi connectivity index (χ2n) is 5.89. The molecule has 5 nitrogen and oxygen atoms in total. The Hall–Kier alpha value is -2.11. The lowest BCUT2D eigenvalue weighted by atomic mass is 9.98. The highest BCUT2D eigenvalue weighted by Gasteiger charge is 2.18. The number of hydrogen-bond acceptors (Lipinski definition) is 3. The van der Waals surface area contributed by atoms with Crippen LogP contribution in [-0.2, 0) is 0 Å². The number of hydrogen-bond donors (Lipinski definition) is 1. The third kappa shape index (κ3) is 2.64. The van der Waals surface area contributed by atoms with Gasteiger partial charge in [0, 0.05) is 0 Å². The van der Waals surface area contributed by atoms with Crippen LogP contribution in [0.1, 0.15) is 30.9 Å². The van der Waals surface area contributed by atoms with Gasteiger partial charge in [0.05, 0.1) is 16.1 Å². The number of fused-ring (bicyclic) bond motifs is 1. The molecule has 24 heavy (non-hydrogen) atoms. The van der Waals surface area contributed by atoms with Crippen LogP contribution in [0.3, 0.4) is 0 Å². The second kappa shape index (κ2) is 6.07. The summed E-state index contributed by atoms with van der Waals surface area (Å²) < 4.78 is 1.39. The summed E-state index contributed by atoms with van der Waals surface area (Å²) in [5, 5.41) is 0.415. The topological polar surface area (TPSA) is 67.8 Å². The van der Waals surface area contributed by atoms with Crippen LogP contribution in [0.5, 0.6) is 0 Å². The van der Waals surface area contributed by atoms with Gasteiger partial charge in [0.2, 0.25) is 0 Å². The summed E-state index contributed by atoms with van der Waals surface area (Å²) in [5.74, 6) is 0.177. The van der Waals surface area contributed by atoms with Crippen LogP contribution in [0, 0.1) is 6.92 Å². The summed E-state index contributed by atoms with van der Waals surface area (Å²) in [6.45, 7) is 5.98. The van der Waals surface area contributed by atoms with Crippen LogP contribution in [0.4, 0.5) is 0 Å². The van der Waals surface area contributed by atoms with Gasteiger partial charge in [0.15, 0.2) is 5.65 Å². The van der Waals surface area contributed by atoms with Crippen molar-refractivity contribution in [1.82, 2.24) is 14.5 Å². The first-order valence-electron chi connectivity index (χ1n) is 7.42. The minimum absolute atomic E-state index is 0.0441. The largest absolute Gasteiger partial charge is 0.334 e. The monoisotopic (exact) mass is 363 g/mol. The van der Waals surface area contributed by atoms with Gasteiger partial charge in [-0.2, -0.15) is 0 Å².